The Labute approximate surface area is 195 Å². The molecule has 0 amide bonds. The van der Waals surface area contributed by atoms with Crippen molar-refractivity contribution < 1.29 is 17.2 Å². The fourth-order valence-corrected chi connectivity index (χ4v) is 5.32. The summed E-state index contributed by atoms with van der Waals surface area (Å²) < 4.78 is 54.6. The Hall–Kier alpha value is -3.37. The van der Waals surface area contributed by atoms with Gasteiger partial charge >= 0.3 is 0 Å². The molecule has 3 heterocycles. The number of fused-ring (bicyclic) bond motifs is 3. The van der Waals surface area contributed by atoms with Crippen molar-refractivity contribution in [3.05, 3.63) is 60.2 Å². The van der Waals surface area contributed by atoms with E-state index in [0.717, 1.165) is 5.56 Å². The Bertz CT molecular complexity index is 1510. The number of H-pyrrole nitrogens is 1. The summed E-state index contributed by atoms with van der Waals surface area (Å²) in [5.41, 5.74) is 1.80. The van der Waals surface area contributed by atoms with Gasteiger partial charge in [-0.3, -0.25) is 5.10 Å². The minimum Gasteiger partial charge on any atom is -0.366 e. The van der Waals surface area contributed by atoms with Crippen molar-refractivity contribution in [1.29, 1.82) is 0 Å². The van der Waals surface area contributed by atoms with Crippen LogP contribution in [0.4, 0.5) is 14.6 Å². The van der Waals surface area contributed by atoms with E-state index in [2.05, 4.69) is 27.1 Å². The molecule has 10 heteroatoms. The van der Waals surface area contributed by atoms with E-state index in [1.54, 1.807) is 12.1 Å². The van der Waals surface area contributed by atoms with Crippen LogP contribution in [0.2, 0.25) is 0 Å². The number of benzene rings is 2. The number of aromatic nitrogens is 3. The Kier molecular flexibility index (Phi) is 5.57. The highest BCUT2D eigenvalue weighted by Crippen LogP contribution is 2.37. The molecule has 176 valence electrons. The van der Waals surface area contributed by atoms with Crippen LogP contribution in [0.15, 0.2) is 43.0 Å². The molecule has 5 rings (SSSR count). The number of sulfonamides is 1. The van der Waals surface area contributed by atoms with E-state index < -0.39 is 21.7 Å². The van der Waals surface area contributed by atoms with Crippen LogP contribution in [0.25, 0.3) is 39.1 Å². The van der Waals surface area contributed by atoms with E-state index in [1.165, 1.54) is 28.8 Å². The zero-order valence-electron chi connectivity index (χ0n) is 18.5. The average molecular weight is 484 g/mol. The maximum absolute atomic E-state index is 14.8. The highest BCUT2D eigenvalue weighted by molar-refractivity contribution is 7.88. The van der Waals surface area contributed by atoms with Gasteiger partial charge in [-0.1, -0.05) is 30.9 Å². The number of pyridine rings is 1. The van der Waals surface area contributed by atoms with E-state index >= 15 is 0 Å². The Morgan fingerprint density at radius 2 is 1.82 bits per heavy atom. The molecule has 0 saturated carbocycles. The Morgan fingerprint density at radius 3 is 2.47 bits per heavy atom. The summed E-state index contributed by atoms with van der Waals surface area (Å²) >= 11 is 0. The van der Waals surface area contributed by atoms with Crippen LogP contribution < -0.4 is 5.32 Å². The van der Waals surface area contributed by atoms with Gasteiger partial charge in [0.1, 0.15) is 28.5 Å². The van der Waals surface area contributed by atoms with E-state index in [9.17, 15) is 17.2 Å². The fraction of sp³-hybridized carbons (Fsp3) is 0.250. The summed E-state index contributed by atoms with van der Waals surface area (Å²) in [6.45, 7) is 4.61. The standard InChI is InChI=1S/C24H23F2N5O2S/c1-3-14-7-8-16-17(13-14)21(20-18(25)5-4-6-19(20)26)28-23-22(16)29-30-24(23)27-15-9-11-31(12-10-15)34(2,32)33/h3-8,13,15H,1,9-12H2,2H3,(H2,27,29,30). The first-order valence-corrected chi connectivity index (χ1v) is 12.7. The molecule has 0 bridgehead atoms. The van der Waals surface area contributed by atoms with Gasteiger partial charge < -0.3 is 5.32 Å². The normalized spacial score (nSPS) is 15.7. The van der Waals surface area contributed by atoms with Gasteiger partial charge in [0.05, 0.1) is 17.5 Å². The van der Waals surface area contributed by atoms with Gasteiger partial charge in [0, 0.05) is 29.9 Å². The van der Waals surface area contributed by atoms with Crippen LogP contribution in [0, 0.1) is 11.6 Å². The fourth-order valence-electron chi connectivity index (χ4n) is 4.45. The van der Waals surface area contributed by atoms with Crippen molar-refractivity contribution in [3.8, 4) is 11.3 Å². The summed E-state index contributed by atoms with van der Waals surface area (Å²) in [6.07, 6.45) is 4.09. The number of nitrogens with zero attached hydrogens (tertiary/aromatic N) is 3. The topological polar surface area (TPSA) is 91.0 Å². The van der Waals surface area contributed by atoms with Crippen LogP contribution >= 0.6 is 0 Å². The average Bonchev–Trinajstić information content (AvgIpc) is 3.21. The van der Waals surface area contributed by atoms with Crippen LogP contribution in [-0.4, -0.2) is 53.3 Å². The number of anilines is 1. The van der Waals surface area contributed by atoms with E-state index in [0.29, 0.717) is 53.6 Å². The number of piperidine rings is 1. The highest BCUT2D eigenvalue weighted by Gasteiger charge is 2.26. The third-order valence-corrected chi connectivity index (χ3v) is 7.53. The molecule has 4 aromatic rings. The molecule has 1 saturated heterocycles. The lowest BCUT2D eigenvalue weighted by atomic mass is 9.99. The molecule has 2 N–H and O–H groups in total. The molecule has 2 aromatic carbocycles. The van der Waals surface area contributed by atoms with Gasteiger partial charge in [-0.25, -0.2) is 26.5 Å². The molecule has 1 fully saturated rings. The van der Waals surface area contributed by atoms with Crippen molar-refractivity contribution in [1.82, 2.24) is 19.5 Å². The molecule has 0 aliphatic carbocycles. The number of aromatic amines is 1. The van der Waals surface area contributed by atoms with Crippen molar-refractivity contribution in [2.45, 2.75) is 18.9 Å². The predicted molar refractivity (Wildman–Crippen MR) is 130 cm³/mol. The molecule has 34 heavy (non-hydrogen) atoms. The first-order valence-electron chi connectivity index (χ1n) is 10.9. The number of hydrogen-bond acceptors (Lipinski definition) is 5. The smallest absolute Gasteiger partial charge is 0.211 e. The van der Waals surface area contributed by atoms with Crippen LogP contribution in [0.5, 0.6) is 0 Å². The lowest BCUT2D eigenvalue weighted by molar-refractivity contribution is 0.331. The molecule has 7 nitrogen and oxygen atoms in total. The summed E-state index contributed by atoms with van der Waals surface area (Å²) in [6, 6.07) is 9.22. The molecule has 0 atom stereocenters. The van der Waals surface area contributed by atoms with E-state index in [4.69, 9.17) is 0 Å². The Balaban J connectivity index is 1.62. The van der Waals surface area contributed by atoms with Crippen LogP contribution in [0.1, 0.15) is 18.4 Å². The predicted octanol–water partition coefficient (Wildman–Crippen LogP) is 4.54. The summed E-state index contributed by atoms with van der Waals surface area (Å²) in [5.74, 6) is -0.882. The quantitative estimate of drug-likeness (QED) is 0.435. The third kappa shape index (κ3) is 3.92. The molecule has 1 aliphatic rings. The number of halogens is 2. The van der Waals surface area contributed by atoms with Crippen LogP contribution in [-0.2, 0) is 10.0 Å². The SMILES string of the molecule is C=Cc1ccc2c(c1)c(-c1c(F)cccc1F)nc1c(NC3CCN(S(C)(=O)=O)CC3)[nH]nc12. The third-order valence-electron chi connectivity index (χ3n) is 6.22. The minimum absolute atomic E-state index is 0.00376. The summed E-state index contributed by atoms with van der Waals surface area (Å²) in [4.78, 5) is 4.67. The number of rotatable bonds is 5. The monoisotopic (exact) mass is 483 g/mol. The largest absolute Gasteiger partial charge is 0.366 e. The lowest BCUT2D eigenvalue weighted by Crippen LogP contribution is -2.41. The molecule has 1 aliphatic heterocycles. The molecule has 0 radical (unpaired) electrons. The van der Waals surface area contributed by atoms with Gasteiger partial charge in [-0.05, 0) is 36.6 Å². The van der Waals surface area contributed by atoms with Gasteiger partial charge in [0.2, 0.25) is 10.0 Å². The molecular weight excluding hydrogens is 460 g/mol. The van der Waals surface area contributed by atoms with Crippen molar-refractivity contribution in [2.24, 2.45) is 0 Å². The second-order valence-corrected chi connectivity index (χ2v) is 10.4. The maximum Gasteiger partial charge on any atom is 0.211 e. The van der Waals surface area contributed by atoms with Gasteiger partial charge in [0.25, 0.3) is 0 Å². The molecule has 0 spiro atoms. The highest BCUT2D eigenvalue weighted by atomic mass is 32.2. The first-order chi connectivity index (χ1) is 16.3. The van der Waals surface area contributed by atoms with E-state index in [1.807, 2.05) is 12.1 Å². The second-order valence-electron chi connectivity index (χ2n) is 8.44. The minimum atomic E-state index is -3.23. The van der Waals surface area contributed by atoms with Crippen molar-refractivity contribution >= 4 is 43.7 Å². The van der Waals surface area contributed by atoms with Gasteiger partial charge in [-0.15, -0.1) is 0 Å². The molecular formula is C24H23F2N5O2S. The van der Waals surface area contributed by atoms with E-state index in [-0.39, 0.29) is 17.3 Å². The first kappa shape index (κ1) is 22.4. The second kappa shape index (κ2) is 8.44. The lowest BCUT2D eigenvalue weighted by Gasteiger charge is -2.30. The van der Waals surface area contributed by atoms with Gasteiger partial charge in [0.15, 0.2) is 0 Å². The van der Waals surface area contributed by atoms with Crippen molar-refractivity contribution in [2.75, 3.05) is 24.7 Å². The summed E-state index contributed by atoms with van der Waals surface area (Å²) in [5, 5.41) is 12.0. The zero-order valence-corrected chi connectivity index (χ0v) is 19.3. The Morgan fingerprint density at radius 1 is 1.12 bits per heavy atom. The van der Waals surface area contributed by atoms with Gasteiger partial charge in [-0.2, -0.15) is 5.10 Å². The number of nitrogens with one attached hydrogen (secondary N) is 2. The number of hydrogen-bond donors (Lipinski definition) is 2. The van der Waals surface area contributed by atoms with Crippen molar-refractivity contribution in [3.63, 3.8) is 0 Å². The summed E-state index contributed by atoms with van der Waals surface area (Å²) in [7, 11) is -3.23. The molecule has 0 unspecified atom stereocenters. The molecule has 2 aromatic heterocycles. The zero-order chi connectivity index (χ0) is 24.0. The maximum atomic E-state index is 14.8. The van der Waals surface area contributed by atoms with Crippen LogP contribution in [0.3, 0.4) is 0 Å².